The third kappa shape index (κ3) is 4.78. The molecule has 1 heterocycles. The third-order valence-electron chi connectivity index (χ3n) is 3.43. The predicted molar refractivity (Wildman–Crippen MR) is 65.4 cm³/mol. The van der Waals surface area contributed by atoms with Gasteiger partial charge in [0.05, 0.1) is 6.61 Å². The van der Waals surface area contributed by atoms with E-state index in [9.17, 15) is 0 Å². The molecule has 1 aliphatic heterocycles. The molecule has 0 amide bonds. The molecule has 0 aromatic rings. The summed E-state index contributed by atoms with van der Waals surface area (Å²) in [5, 5.41) is 9.05. The molecule has 1 saturated heterocycles. The molecule has 1 atom stereocenters. The standard InChI is InChI=1S/C12H26N2O2/c1-12(13,10-15)6-3-7-14(2)11-4-8-16-9-5-11/h11,15H,3-10,13H2,1-2H3. The Hall–Kier alpha value is -0.160. The minimum absolute atomic E-state index is 0.0635. The summed E-state index contributed by atoms with van der Waals surface area (Å²) < 4.78 is 5.35. The van der Waals surface area contributed by atoms with Crippen LogP contribution in [0.25, 0.3) is 0 Å². The summed E-state index contributed by atoms with van der Waals surface area (Å²) in [5.41, 5.74) is 5.47. The molecule has 0 spiro atoms. The highest BCUT2D eigenvalue weighted by Crippen LogP contribution is 2.14. The Kier molecular flexibility index (Phi) is 5.69. The first kappa shape index (κ1) is 13.9. The molecule has 4 nitrogen and oxygen atoms in total. The van der Waals surface area contributed by atoms with Crippen LogP contribution in [0.15, 0.2) is 0 Å². The first-order valence-electron chi connectivity index (χ1n) is 6.23. The van der Waals surface area contributed by atoms with Gasteiger partial charge >= 0.3 is 0 Å². The van der Waals surface area contributed by atoms with Gasteiger partial charge in [-0.1, -0.05) is 0 Å². The predicted octanol–water partition coefficient (Wildman–Crippen LogP) is 0.587. The summed E-state index contributed by atoms with van der Waals surface area (Å²) in [7, 11) is 2.17. The minimum atomic E-state index is -0.420. The monoisotopic (exact) mass is 230 g/mol. The molecule has 0 saturated carbocycles. The molecule has 0 aromatic carbocycles. The highest BCUT2D eigenvalue weighted by atomic mass is 16.5. The fourth-order valence-corrected chi connectivity index (χ4v) is 2.12. The second-order valence-electron chi connectivity index (χ2n) is 5.24. The molecule has 1 unspecified atom stereocenters. The van der Waals surface area contributed by atoms with Crippen LogP contribution in [-0.4, -0.2) is 55.0 Å². The van der Waals surface area contributed by atoms with Gasteiger partial charge in [-0.15, -0.1) is 0 Å². The Morgan fingerprint density at radius 2 is 2.06 bits per heavy atom. The zero-order valence-corrected chi connectivity index (χ0v) is 10.6. The molecule has 1 aliphatic rings. The Balaban J connectivity index is 2.16. The average Bonchev–Trinajstić information content (AvgIpc) is 2.30. The third-order valence-corrected chi connectivity index (χ3v) is 3.43. The van der Waals surface area contributed by atoms with E-state index >= 15 is 0 Å². The van der Waals surface area contributed by atoms with Crippen LogP contribution < -0.4 is 5.73 Å². The quantitative estimate of drug-likeness (QED) is 0.701. The molecule has 3 N–H and O–H groups in total. The number of rotatable bonds is 6. The van der Waals surface area contributed by atoms with E-state index in [-0.39, 0.29) is 6.61 Å². The van der Waals surface area contributed by atoms with Crippen LogP contribution in [0.4, 0.5) is 0 Å². The fourth-order valence-electron chi connectivity index (χ4n) is 2.12. The molecule has 0 radical (unpaired) electrons. The fraction of sp³-hybridized carbons (Fsp3) is 1.00. The van der Waals surface area contributed by atoms with Crippen molar-refractivity contribution < 1.29 is 9.84 Å². The maximum absolute atomic E-state index is 9.05. The van der Waals surface area contributed by atoms with E-state index in [0.29, 0.717) is 6.04 Å². The largest absolute Gasteiger partial charge is 0.394 e. The number of nitrogens with zero attached hydrogens (tertiary/aromatic N) is 1. The van der Waals surface area contributed by atoms with Crippen LogP contribution in [0.2, 0.25) is 0 Å². The van der Waals surface area contributed by atoms with Gasteiger partial charge in [0.2, 0.25) is 0 Å². The summed E-state index contributed by atoms with van der Waals surface area (Å²) >= 11 is 0. The molecule has 96 valence electrons. The summed E-state index contributed by atoms with van der Waals surface area (Å²) in [4.78, 5) is 2.40. The van der Waals surface area contributed by atoms with Crippen molar-refractivity contribution in [2.45, 2.75) is 44.2 Å². The van der Waals surface area contributed by atoms with Crippen molar-refractivity contribution in [1.82, 2.24) is 4.90 Å². The first-order valence-corrected chi connectivity index (χ1v) is 6.23. The van der Waals surface area contributed by atoms with Crippen molar-refractivity contribution in [1.29, 1.82) is 0 Å². The Bertz CT molecular complexity index is 191. The van der Waals surface area contributed by atoms with Crippen LogP contribution in [0.1, 0.15) is 32.6 Å². The van der Waals surface area contributed by atoms with E-state index in [1.165, 1.54) is 0 Å². The van der Waals surface area contributed by atoms with Gasteiger partial charge in [-0.25, -0.2) is 0 Å². The maximum Gasteiger partial charge on any atom is 0.0608 e. The lowest BCUT2D eigenvalue weighted by Crippen LogP contribution is -2.42. The molecule has 0 aromatic heterocycles. The van der Waals surface area contributed by atoms with Crippen molar-refractivity contribution >= 4 is 0 Å². The first-order chi connectivity index (χ1) is 7.55. The summed E-state index contributed by atoms with van der Waals surface area (Å²) in [5.74, 6) is 0. The van der Waals surface area contributed by atoms with Gasteiger partial charge in [0.1, 0.15) is 0 Å². The molecular weight excluding hydrogens is 204 g/mol. The van der Waals surface area contributed by atoms with Crippen LogP contribution in [0, 0.1) is 0 Å². The molecule has 4 heteroatoms. The smallest absolute Gasteiger partial charge is 0.0608 e. The molecule has 1 rings (SSSR count). The molecule has 1 fully saturated rings. The lowest BCUT2D eigenvalue weighted by atomic mass is 9.98. The van der Waals surface area contributed by atoms with Crippen LogP contribution >= 0.6 is 0 Å². The highest BCUT2D eigenvalue weighted by Gasteiger charge is 2.20. The van der Waals surface area contributed by atoms with Crippen molar-refractivity contribution in [3.8, 4) is 0 Å². The lowest BCUT2D eigenvalue weighted by Gasteiger charge is -2.32. The second kappa shape index (κ2) is 6.55. The normalized spacial score (nSPS) is 22.3. The lowest BCUT2D eigenvalue weighted by molar-refractivity contribution is 0.0418. The number of nitrogens with two attached hydrogens (primary N) is 1. The number of aliphatic hydroxyl groups is 1. The second-order valence-corrected chi connectivity index (χ2v) is 5.24. The van der Waals surface area contributed by atoms with Crippen molar-refractivity contribution in [3.05, 3.63) is 0 Å². The zero-order chi connectivity index (χ0) is 12.0. The number of aliphatic hydroxyl groups excluding tert-OH is 1. The molecular formula is C12H26N2O2. The number of hydrogen-bond donors (Lipinski definition) is 2. The highest BCUT2D eigenvalue weighted by molar-refractivity contribution is 4.78. The van der Waals surface area contributed by atoms with E-state index in [1.807, 2.05) is 6.92 Å². The van der Waals surface area contributed by atoms with E-state index in [0.717, 1.165) is 45.4 Å². The molecule has 0 aliphatic carbocycles. The summed E-state index contributed by atoms with van der Waals surface area (Å²) in [6.45, 7) is 4.80. The van der Waals surface area contributed by atoms with Crippen molar-refractivity contribution in [2.75, 3.05) is 33.4 Å². The summed E-state index contributed by atoms with van der Waals surface area (Å²) in [6.07, 6.45) is 4.19. The summed E-state index contributed by atoms with van der Waals surface area (Å²) in [6, 6.07) is 0.659. The average molecular weight is 230 g/mol. The van der Waals surface area contributed by atoms with Gasteiger partial charge in [0, 0.05) is 24.8 Å². The Morgan fingerprint density at radius 3 is 2.62 bits per heavy atom. The van der Waals surface area contributed by atoms with Gasteiger partial charge in [0.25, 0.3) is 0 Å². The minimum Gasteiger partial charge on any atom is -0.394 e. The van der Waals surface area contributed by atoms with E-state index < -0.39 is 5.54 Å². The zero-order valence-electron chi connectivity index (χ0n) is 10.6. The van der Waals surface area contributed by atoms with Crippen LogP contribution in [-0.2, 0) is 4.74 Å². The Labute approximate surface area is 98.8 Å². The van der Waals surface area contributed by atoms with E-state index in [1.54, 1.807) is 0 Å². The van der Waals surface area contributed by atoms with Gasteiger partial charge in [-0.05, 0) is 46.2 Å². The van der Waals surface area contributed by atoms with Crippen LogP contribution in [0.5, 0.6) is 0 Å². The maximum atomic E-state index is 9.05. The van der Waals surface area contributed by atoms with E-state index in [2.05, 4.69) is 11.9 Å². The Morgan fingerprint density at radius 1 is 1.44 bits per heavy atom. The van der Waals surface area contributed by atoms with Gasteiger partial charge < -0.3 is 20.5 Å². The SMILES string of the molecule is CN(CCCC(C)(N)CO)C1CCOCC1. The van der Waals surface area contributed by atoms with Crippen molar-refractivity contribution in [2.24, 2.45) is 5.73 Å². The number of hydrogen-bond acceptors (Lipinski definition) is 4. The van der Waals surface area contributed by atoms with Crippen molar-refractivity contribution in [3.63, 3.8) is 0 Å². The van der Waals surface area contributed by atoms with Gasteiger partial charge in [0.15, 0.2) is 0 Å². The molecule has 0 bridgehead atoms. The van der Waals surface area contributed by atoms with E-state index in [4.69, 9.17) is 15.6 Å². The van der Waals surface area contributed by atoms with Crippen LogP contribution in [0.3, 0.4) is 0 Å². The topological polar surface area (TPSA) is 58.7 Å². The van der Waals surface area contributed by atoms with Gasteiger partial charge in [-0.3, -0.25) is 0 Å². The number of ether oxygens (including phenoxy) is 1. The molecule has 16 heavy (non-hydrogen) atoms. The van der Waals surface area contributed by atoms with Gasteiger partial charge in [-0.2, -0.15) is 0 Å².